The molecule has 5 nitrogen and oxygen atoms in total. The van der Waals surface area contributed by atoms with Gasteiger partial charge in [0.2, 0.25) is 0 Å². The van der Waals surface area contributed by atoms with Gasteiger partial charge in [-0.2, -0.15) is 0 Å². The summed E-state index contributed by atoms with van der Waals surface area (Å²) in [5, 5.41) is 0. The number of hydrogen-bond acceptors (Lipinski definition) is 2. The van der Waals surface area contributed by atoms with Crippen LogP contribution in [0, 0.1) is 0 Å². The van der Waals surface area contributed by atoms with Crippen molar-refractivity contribution in [3.63, 3.8) is 0 Å². The second-order valence-corrected chi connectivity index (χ2v) is 12.4. The number of quaternary nitrogens is 1. The monoisotopic (exact) mass is 492 g/mol. The fourth-order valence-corrected chi connectivity index (χ4v) is 5.17. The van der Waals surface area contributed by atoms with Crippen LogP contribution < -0.4 is 0 Å². The summed E-state index contributed by atoms with van der Waals surface area (Å²) in [5.74, 6) is 0. The number of nitrogens with zero attached hydrogens (tertiary/aromatic N) is 1. The number of phosphoric ester groups is 1. The summed E-state index contributed by atoms with van der Waals surface area (Å²) in [5.41, 5.74) is 0. The molecular weight excluding hydrogens is 433 g/mol. The van der Waals surface area contributed by atoms with Crippen LogP contribution in [0.2, 0.25) is 0 Å². The third kappa shape index (κ3) is 28.2. The molecule has 0 spiro atoms. The van der Waals surface area contributed by atoms with Gasteiger partial charge in [0, 0.05) is 0 Å². The highest BCUT2D eigenvalue weighted by atomic mass is 31.2. The van der Waals surface area contributed by atoms with Gasteiger partial charge in [0.1, 0.15) is 12.6 Å². The van der Waals surface area contributed by atoms with Crippen LogP contribution in [0.5, 0.6) is 0 Å². The molecule has 0 aromatic rings. The molecular formula is C27H59NO4P+. The first kappa shape index (κ1) is 33.1. The molecule has 0 aromatic carbocycles. The molecule has 1 atom stereocenters. The van der Waals surface area contributed by atoms with Crippen molar-refractivity contribution >= 4 is 7.82 Å². The van der Waals surface area contributed by atoms with Gasteiger partial charge >= 0.3 is 7.82 Å². The maximum absolute atomic E-state index is 11.2. The minimum atomic E-state index is -4.41. The Bertz CT molecular complexity index is 462. The third-order valence-electron chi connectivity index (χ3n) is 6.42. The van der Waals surface area contributed by atoms with Gasteiger partial charge in [0.15, 0.2) is 0 Å². The molecule has 2 N–H and O–H groups in total. The van der Waals surface area contributed by atoms with Crippen LogP contribution in [0.4, 0.5) is 0 Å². The predicted molar refractivity (Wildman–Crippen MR) is 142 cm³/mol. The predicted octanol–water partition coefficient (Wildman–Crippen LogP) is 8.38. The second kappa shape index (κ2) is 21.4. The first-order valence-corrected chi connectivity index (χ1v) is 15.7. The first-order chi connectivity index (χ1) is 15.6. The van der Waals surface area contributed by atoms with Crippen LogP contribution in [0.3, 0.4) is 0 Å². The van der Waals surface area contributed by atoms with Crippen LogP contribution in [0.25, 0.3) is 0 Å². The Morgan fingerprint density at radius 3 is 1.18 bits per heavy atom. The molecule has 0 saturated carbocycles. The highest BCUT2D eigenvalue weighted by Crippen LogP contribution is 2.39. The largest absolute Gasteiger partial charge is 0.470 e. The van der Waals surface area contributed by atoms with Gasteiger partial charge in [0.25, 0.3) is 0 Å². The van der Waals surface area contributed by atoms with Crippen LogP contribution >= 0.6 is 7.82 Å². The summed E-state index contributed by atoms with van der Waals surface area (Å²) in [4.78, 5) is 18.3. The summed E-state index contributed by atoms with van der Waals surface area (Å²) in [6.45, 7) is 2.90. The molecule has 6 heteroatoms. The number of unbranched alkanes of at least 4 members (excludes halogenated alkanes) is 19. The van der Waals surface area contributed by atoms with Crippen molar-refractivity contribution in [3.8, 4) is 0 Å². The molecule has 0 fully saturated rings. The average molecular weight is 493 g/mol. The number of hydrogen-bond donors (Lipinski definition) is 2. The van der Waals surface area contributed by atoms with Gasteiger partial charge in [-0.15, -0.1) is 0 Å². The number of phosphoric acid groups is 1. The van der Waals surface area contributed by atoms with Gasteiger partial charge in [-0.1, -0.05) is 135 Å². The van der Waals surface area contributed by atoms with Gasteiger partial charge in [-0.3, -0.25) is 4.52 Å². The van der Waals surface area contributed by atoms with Crippen LogP contribution in [-0.2, 0) is 9.09 Å². The Morgan fingerprint density at radius 2 is 0.909 bits per heavy atom. The number of rotatable bonds is 25. The molecule has 0 aliphatic heterocycles. The average Bonchev–Trinajstić information content (AvgIpc) is 2.70. The minimum absolute atomic E-state index is 0.374. The van der Waals surface area contributed by atoms with Crippen molar-refractivity contribution in [3.05, 3.63) is 0 Å². The SMILES string of the molecule is CCCCCCCCCCCCCCCCCCCCCCC(C[N+](C)(C)C)OP(=O)(O)O. The normalized spacial score (nSPS) is 13.5. The zero-order chi connectivity index (χ0) is 24.8. The van der Waals surface area contributed by atoms with E-state index in [4.69, 9.17) is 14.3 Å². The summed E-state index contributed by atoms with van der Waals surface area (Å²) in [6.07, 6.45) is 27.5. The Kier molecular flexibility index (Phi) is 21.4. The van der Waals surface area contributed by atoms with E-state index < -0.39 is 7.82 Å². The van der Waals surface area contributed by atoms with Gasteiger partial charge in [-0.25, -0.2) is 4.57 Å². The Balaban J connectivity index is 3.41. The smallest absolute Gasteiger partial charge is 0.329 e. The van der Waals surface area contributed by atoms with Crippen molar-refractivity contribution in [2.24, 2.45) is 0 Å². The van der Waals surface area contributed by atoms with E-state index in [0.29, 0.717) is 11.0 Å². The van der Waals surface area contributed by atoms with Gasteiger partial charge in [-0.05, 0) is 6.42 Å². The second-order valence-electron chi connectivity index (χ2n) is 11.2. The maximum atomic E-state index is 11.2. The molecule has 0 amide bonds. The lowest BCUT2D eigenvalue weighted by molar-refractivity contribution is -0.873. The van der Waals surface area contributed by atoms with E-state index in [1.165, 1.54) is 116 Å². The topological polar surface area (TPSA) is 66.8 Å². The molecule has 0 saturated heterocycles. The molecule has 0 rings (SSSR count). The van der Waals surface area contributed by atoms with E-state index in [0.717, 1.165) is 19.3 Å². The van der Waals surface area contributed by atoms with Crippen LogP contribution in [-0.4, -0.2) is 48.1 Å². The highest BCUT2D eigenvalue weighted by molar-refractivity contribution is 7.46. The molecule has 33 heavy (non-hydrogen) atoms. The third-order valence-corrected chi connectivity index (χ3v) is 6.99. The lowest BCUT2D eigenvalue weighted by Crippen LogP contribution is -2.42. The van der Waals surface area contributed by atoms with Crippen molar-refractivity contribution in [1.82, 2.24) is 0 Å². The van der Waals surface area contributed by atoms with E-state index in [1.807, 2.05) is 21.1 Å². The number of likely N-dealkylation sites (N-methyl/N-ethyl adjacent to an activating group) is 1. The molecule has 0 aliphatic rings. The lowest BCUT2D eigenvalue weighted by Gasteiger charge is -2.29. The molecule has 0 radical (unpaired) electrons. The van der Waals surface area contributed by atoms with Gasteiger partial charge < -0.3 is 14.3 Å². The molecule has 200 valence electrons. The standard InChI is InChI=1S/C27H58NO4P/c1-5-6-7-8-9-10-11-12-13-14-15-16-17-18-19-20-21-22-23-24-25-27(26-28(2,3)4)32-33(29,30)31/h27H,5-26H2,1-4H3,(H-,29,30,31)/p+1. The molecule has 0 aromatic heterocycles. The van der Waals surface area contributed by atoms with E-state index in [9.17, 15) is 4.57 Å². The first-order valence-electron chi connectivity index (χ1n) is 14.2. The maximum Gasteiger partial charge on any atom is 0.470 e. The lowest BCUT2D eigenvalue weighted by atomic mass is 10.0. The van der Waals surface area contributed by atoms with E-state index in [1.54, 1.807) is 0 Å². The van der Waals surface area contributed by atoms with Crippen LogP contribution in [0.15, 0.2) is 0 Å². The Hall–Kier alpha value is 0.0700. The van der Waals surface area contributed by atoms with Crippen LogP contribution in [0.1, 0.15) is 142 Å². The van der Waals surface area contributed by atoms with E-state index in [2.05, 4.69) is 6.92 Å². The summed E-state index contributed by atoms with van der Waals surface area (Å²) >= 11 is 0. The van der Waals surface area contributed by atoms with Crippen molar-refractivity contribution < 1.29 is 23.4 Å². The van der Waals surface area contributed by atoms with Crippen molar-refractivity contribution in [2.45, 2.75) is 148 Å². The minimum Gasteiger partial charge on any atom is -0.329 e. The quantitative estimate of drug-likeness (QED) is 0.0763. The summed E-state index contributed by atoms with van der Waals surface area (Å²) < 4.78 is 16.8. The highest BCUT2D eigenvalue weighted by Gasteiger charge is 2.26. The molecule has 1 unspecified atom stereocenters. The molecule has 0 bridgehead atoms. The summed E-state index contributed by atoms with van der Waals surface area (Å²) in [6, 6.07) is 0. The fourth-order valence-electron chi connectivity index (χ4n) is 4.61. The van der Waals surface area contributed by atoms with E-state index >= 15 is 0 Å². The van der Waals surface area contributed by atoms with Crippen molar-refractivity contribution in [1.29, 1.82) is 0 Å². The Morgan fingerprint density at radius 1 is 0.606 bits per heavy atom. The zero-order valence-corrected chi connectivity index (χ0v) is 23.6. The zero-order valence-electron chi connectivity index (χ0n) is 22.7. The van der Waals surface area contributed by atoms with Gasteiger partial charge in [0.05, 0.1) is 21.1 Å². The van der Waals surface area contributed by atoms with E-state index in [-0.39, 0.29) is 6.10 Å². The van der Waals surface area contributed by atoms with Crippen molar-refractivity contribution in [2.75, 3.05) is 27.7 Å². The molecule has 0 heterocycles. The fraction of sp³-hybridized carbons (Fsp3) is 1.00. The molecule has 0 aliphatic carbocycles. The Labute approximate surface area is 206 Å². The summed E-state index contributed by atoms with van der Waals surface area (Å²) in [7, 11) is 1.65.